The minimum absolute atomic E-state index is 0.196. The highest BCUT2D eigenvalue weighted by molar-refractivity contribution is 5.97. The first-order valence-corrected chi connectivity index (χ1v) is 12.0. The molecule has 5 atom stereocenters. The Morgan fingerprint density at radius 1 is 1.09 bits per heavy atom. The van der Waals surface area contributed by atoms with Crippen LogP contribution < -0.4 is 10.8 Å². The molecular weight excluding hydrogens is 452 g/mol. The van der Waals surface area contributed by atoms with Gasteiger partial charge in [0.15, 0.2) is 0 Å². The number of esters is 1. The van der Waals surface area contributed by atoms with E-state index >= 15 is 0 Å². The number of rotatable bonds is 6. The molecule has 0 spiro atoms. The molecule has 9 nitrogen and oxygen atoms in total. The maximum absolute atomic E-state index is 13.5. The molecule has 0 aromatic heterocycles. The van der Waals surface area contributed by atoms with E-state index in [-0.39, 0.29) is 18.2 Å². The van der Waals surface area contributed by atoms with Gasteiger partial charge in [0.05, 0.1) is 18.4 Å². The minimum atomic E-state index is -1.16. The van der Waals surface area contributed by atoms with Gasteiger partial charge >= 0.3 is 18.0 Å². The number of aryl methyl sites for hydroxylation is 1. The van der Waals surface area contributed by atoms with E-state index in [0.29, 0.717) is 18.5 Å². The van der Waals surface area contributed by atoms with Crippen molar-refractivity contribution in [2.24, 2.45) is 28.6 Å². The molecular formula is C26H36N2O7. The number of nitrogens with one attached hydrogen (secondary N) is 2. The third-order valence-electron chi connectivity index (χ3n) is 7.69. The molecule has 35 heavy (non-hydrogen) atoms. The Bertz CT molecular complexity index is 1020. The van der Waals surface area contributed by atoms with Gasteiger partial charge in [0.2, 0.25) is 5.91 Å². The second-order valence-corrected chi connectivity index (χ2v) is 10.5. The molecule has 3 rings (SSSR count). The molecule has 192 valence electrons. The second kappa shape index (κ2) is 9.51. The van der Waals surface area contributed by atoms with Crippen LogP contribution >= 0.6 is 0 Å². The van der Waals surface area contributed by atoms with E-state index in [1.807, 2.05) is 45.0 Å². The zero-order valence-corrected chi connectivity index (χ0v) is 21.5. The zero-order chi connectivity index (χ0) is 26.2. The molecule has 0 heterocycles. The number of carbonyl (C=O) groups is 4. The summed E-state index contributed by atoms with van der Waals surface area (Å²) in [7, 11) is 1.30. The van der Waals surface area contributed by atoms with Crippen molar-refractivity contribution in [2.75, 3.05) is 12.4 Å². The highest BCUT2D eigenvalue weighted by atomic mass is 16.7. The fourth-order valence-electron chi connectivity index (χ4n) is 6.22. The molecule has 0 saturated heterocycles. The summed E-state index contributed by atoms with van der Waals surface area (Å²) in [6.07, 6.45) is 0.0999. The highest BCUT2D eigenvalue weighted by Crippen LogP contribution is 2.80. The topological polar surface area (TPSA) is 120 Å². The van der Waals surface area contributed by atoms with Crippen LogP contribution in [0.2, 0.25) is 0 Å². The van der Waals surface area contributed by atoms with Crippen LogP contribution in [0.4, 0.5) is 10.5 Å². The second-order valence-electron chi connectivity index (χ2n) is 10.5. The van der Waals surface area contributed by atoms with Gasteiger partial charge in [-0.2, -0.15) is 0 Å². The van der Waals surface area contributed by atoms with Crippen LogP contribution in [0.5, 0.6) is 0 Å². The summed E-state index contributed by atoms with van der Waals surface area (Å²) in [6.45, 7) is 10.7. The number of fused-ring (bicyclic) bond motifs is 1. The number of anilines is 1. The van der Waals surface area contributed by atoms with Gasteiger partial charge in [-0.25, -0.2) is 9.59 Å². The molecule has 2 fully saturated rings. The predicted molar refractivity (Wildman–Crippen MR) is 128 cm³/mol. The van der Waals surface area contributed by atoms with E-state index in [0.717, 1.165) is 5.56 Å². The summed E-state index contributed by atoms with van der Waals surface area (Å²) in [5, 5.41) is 2.97. The molecule has 0 aliphatic heterocycles. The number of hydrogen-bond donors (Lipinski definition) is 2. The van der Waals surface area contributed by atoms with Crippen molar-refractivity contribution in [3.63, 3.8) is 0 Å². The van der Waals surface area contributed by atoms with Crippen LogP contribution in [0.1, 0.15) is 59.4 Å². The summed E-state index contributed by atoms with van der Waals surface area (Å²) < 4.78 is 10.2. The number of para-hydroxylation sites is 1. The number of amides is 2. The van der Waals surface area contributed by atoms with Gasteiger partial charge < -0.3 is 19.6 Å². The summed E-state index contributed by atoms with van der Waals surface area (Å²) in [5.74, 6) is -2.98. The lowest BCUT2D eigenvalue weighted by Gasteiger charge is -2.36. The molecule has 2 N–H and O–H groups in total. The Balaban J connectivity index is 1.91. The number of ether oxygens (including phenoxy) is 2. The van der Waals surface area contributed by atoms with Crippen LogP contribution in [0, 0.1) is 35.5 Å². The first kappa shape index (κ1) is 26.5. The van der Waals surface area contributed by atoms with Gasteiger partial charge in [-0.1, -0.05) is 32.0 Å². The molecule has 9 heteroatoms. The Hall–Kier alpha value is -3.10. The molecule has 2 aliphatic rings. The molecule has 1 aromatic rings. The first-order chi connectivity index (χ1) is 16.4. The fraction of sp³-hybridized carbons (Fsp3) is 0.615. The quantitative estimate of drug-likeness (QED) is 0.351. The minimum Gasteiger partial charge on any atom is -0.469 e. The van der Waals surface area contributed by atoms with Crippen LogP contribution in [0.3, 0.4) is 0 Å². The van der Waals surface area contributed by atoms with Crippen molar-refractivity contribution in [1.29, 1.82) is 0 Å². The average molecular weight is 489 g/mol. The van der Waals surface area contributed by atoms with Crippen LogP contribution in [-0.4, -0.2) is 36.6 Å². The lowest BCUT2D eigenvalue weighted by atomic mass is 9.67. The third kappa shape index (κ3) is 4.48. The van der Waals surface area contributed by atoms with Crippen LogP contribution in [0.25, 0.3) is 0 Å². The monoisotopic (exact) mass is 488 g/mol. The van der Waals surface area contributed by atoms with Gasteiger partial charge in [-0.3, -0.25) is 9.59 Å². The average Bonchev–Trinajstić information content (AvgIpc) is 3.38. The lowest BCUT2D eigenvalue weighted by Crippen LogP contribution is -2.45. The van der Waals surface area contributed by atoms with Gasteiger partial charge in [-0.05, 0) is 64.5 Å². The van der Waals surface area contributed by atoms with Gasteiger partial charge in [0.1, 0.15) is 5.60 Å². The first-order valence-electron chi connectivity index (χ1n) is 12.0. The van der Waals surface area contributed by atoms with Gasteiger partial charge in [0.25, 0.3) is 0 Å². The van der Waals surface area contributed by atoms with Crippen molar-refractivity contribution in [3.05, 3.63) is 29.8 Å². The van der Waals surface area contributed by atoms with Crippen LogP contribution in [0.15, 0.2) is 24.3 Å². The van der Waals surface area contributed by atoms with E-state index < -0.39 is 46.3 Å². The maximum Gasteiger partial charge on any atom is 0.441 e. The Morgan fingerprint density at radius 3 is 2.29 bits per heavy atom. The van der Waals surface area contributed by atoms with Crippen molar-refractivity contribution < 1.29 is 33.5 Å². The largest absolute Gasteiger partial charge is 0.469 e. The van der Waals surface area contributed by atoms with Gasteiger partial charge in [0, 0.05) is 17.0 Å². The molecule has 2 aliphatic carbocycles. The number of hydroxylamine groups is 1. The maximum atomic E-state index is 13.5. The van der Waals surface area contributed by atoms with Gasteiger partial charge in [-0.15, -0.1) is 5.48 Å². The zero-order valence-electron chi connectivity index (χ0n) is 21.5. The number of benzene rings is 1. The predicted octanol–water partition coefficient (Wildman–Crippen LogP) is 4.15. The van der Waals surface area contributed by atoms with E-state index in [1.54, 1.807) is 20.8 Å². The number of hydrogen-bond acceptors (Lipinski definition) is 7. The van der Waals surface area contributed by atoms with Crippen molar-refractivity contribution >= 4 is 29.6 Å². The van der Waals surface area contributed by atoms with E-state index in [2.05, 4.69) is 10.8 Å². The third-order valence-corrected chi connectivity index (χ3v) is 7.69. The van der Waals surface area contributed by atoms with Crippen molar-refractivity contribution in [3.8, 4) is 0 Å². The van der Waals surface area contributed by atoms with E-state index in [1.165, 1.54) is 7.11 Å². The highest BCUT2D eigenvalue weighted by Gasteiger charge is 2.84. The normalized spacial score (nSPS) is 28.9. The van der Waals surface area contributed by atoms with Crippen LogP contribution in [-0.2, 0) is 28.7 Å². The summed E-state index contributed by atoms with van der Waals surface area (Å²) in [5.41, 5.74) is 0.923. The Morgan fingerprint density at radius 2 is 1.74 bits per heavy atom. The van der Waals surface area contributed by atoms with Crippen molar-refractivity contribution in [1.82, 2.24) is 5.48 Å². The van der Waals surface area contributed by atoms with E-state index in [9.17, 15) is 19.2 Å². The summed E-state index contributed by atoms with van der Waals surface area (Å²) in [6, 6.07) is 7.42. The molecule has 5 unspecified atom stereocenters. The molecule has 1 aromatic carbocycles. The standard InChI is InChI=1S/C26H36N2O7/c1-8-25(22(31)35-28-23(32)34-24(4,5)6)14-16(18-19(21(30)33-7)26(18,25)9-2)20(29)27-17-13-11-10-12-15(17)3/h10-13,16,18-19H,8-9,14H2,1-7H3,(H,27,29)(H,28,32). The molecule has 2 saturated carbocycles. The molecule has 0 bridgehead atoms. The molecule has 0 radical (unpaired) electrons. The Kier molecular flexibility index (Phi) is 7.20. The number of carbonyl (C=O) groups excluding carboxylic acids is 4. The summed E-state index contributed by atoms with van der Waals surface area (Å²) >= 11 is 0. The molecule has 2 amide bonds. The fourth-order valence-corrected chi connectivity index (χ4v) is 6.22. The smallest absolute Gasteiger partial charge is 0.441 e. The van der Waals surface area contributed by atoms with Crippen molar-refractivity contribution in [2.45, 2.75) is 66.4 Å². The SMILES string of the molecule is CCC1(C(=O)ONC(=O)OC(C)(C)C)CC(C(=O)Nc2ccccc2C)C2C(C(=O)OC)C21CC. The Labute approximate surface area is 206 Å². The van der Waals surface area contributed by atoms with E-state index in [4.69, 9.17) is 14.3 Å². The number of methoxy groups -OCH3 is 1. The lowest BCUT2D eigenvalue weighted by molar-refractivity contribution is -0.170. The summed E-state index contributed by atoms with van der Waals surface area (Å²) in [4.78, 5) is 57.1.